The fraction of sp³-hybridized carbons (Fsp3) is 0.579. The molecule has 0 saturated carbocycles. The molecule has 9 heteroatoms. The minimum absolute atomic E-state index is 0.0110. The lowest BCUT2D eigenvalue weighted by Gasteiger charge is -2.23. The van der Waals surface area contributed by atoms with Gasteiger partial charge in [-0.15, -0.1) is 0 Å². The van der Waals surface area contributed by atoms with E-state index < -0.39 is 42.2 Å². The molecule has 0 amide bonds. The second kappa shape index (κ2) is 9.37. The Morgan fingerprint density at radius 1 is 1.29 bits per heavy atom. The van der Waals surface area contributed by atoms with Crippen LogP contribution in [0.1, 0.15) is 58.7 Å². The maximum atomic E-state index is 12.4. The van der Waals surface area contributed by atoms with E-state index in [0.29, 0.717) is 12.0 Å². The van der Waals surface area contributed by atoms with E-state index in [2.05, 4.69) is 23.7 Å². The summed E-state index contributed by atoms with van der Waals surface area (Å²) in [6.07, 6.45) is 0.556. The summed E-state index contributed by atoms with van der Waals surface area (Å²) in [5.74, 6) is 4.75. The fourth-order valence-corrected chi connectivity index (χ4v) is 2.88. The minimum atomic E-state index is -1.03. The van der Waals surface area contributed by atoms with Crippen molar-refractivity contribution in [2.24, 2.45) is 0 Å². The van der Waals surface area contributed by atoms with E-state index in [4.69, 9.17) is 19.9 Å². The highest BCUT2D eigenvalue weighted by Gasteiger charge is 2.48. The third-order valence-corrected chi connectivity index (χ3v) is 4.16. The Kier molecular flexibility index (Phi) is 7.18. The molecule has 1 aromatic rings. The number of ether oxygens (including phenoxy) is 3. The summed E-state index contributed by atoms with van der Waals surface area (Å²) in [6, 6.07) is 0. The Morgan fingerprint density at radius 2 is 1.93 bits per heavy atom. The van der Waals surface area contributed by atoms with Gasteiger partial charge in [0.1, 0.15) is 5.82 Å². The second-order valence-electron chi connectivity index (χ2n) is 6.51. The largest absolute Gasteiger partial charge is 0.456 e. The molecule has 1 fully saturated rings. The first-order valence-electron chi connectivity index (χ1n) is 9.12. The lowest BCUT2D eigenvalue weighted by Crippen LogP contribution is -2.40. The molecule has 28 heavy (non-hydrogen) atoms. The van der Waals surface area contributed by atoms with Crippen LogP contribution in [0.25, 0.3) is 0 Å². The molecule has 152 valence electrons. The molecule has 1 aliphatic rings. The molecule has 1 aliphatic heterocycles. The molecule has 2 rings (SSSR count). The highest BCUT2D eigenvalue weighted by Crippen LogP contribution is 2.33. The number of hydrogen-bond donors (Lipinski definition) is 1. The van der Waals surface area contributed by atoms with Gasteiger partial charge in [-0.25, -0.2) is 4.79 Å². The van der Waals surface area contributed by atoms with Crippen molar-refractivity contribution in [3.05, 3.63) is 22.2 Å². The number of unbranched alkanes of at least 4 members (excludes halogenated alkanes) is 2. The van der Waals surface area contributed by atoms with Crippen molar-refractivity contribution in [3.63, 3.8) is 0 Å². The molecule has 2 unspecified atom stereocenters. The van der Waals surface area contributed by atoms with Crippen LogP contribution in [-0.4, -0.2) is 39.8 Å². The molecule has 0 spiro atoms. The van der Waals surface area contributed by atoms with Crippen LogP contribution in [0.5, 0.6) is 0 Å². The van der Waals surface area contributed by atoms with Gasteiger partial charge < -0.3 is 19.9 Å². The third-order valence-electron chi connectivity index (χ3n) is 4.16. The summed E-state index contributed by atoms with van der Waals surface area (Å²) in [6.45, 7) is 6.18. The Labute approximate surface area is 163 Å². The van der Waals surface area contributed by atoms with Gasteiger partial charge >= 0.3 is 17.6 Å². The number of aromatic nitrogens is 2. The molecule has 0 aromatic carbocycles. The monoisotopic (exact) mass is 391 g/mol. The van der Waals surface area contributed by atoms with Gasteiger partial charge in [-0.05, 0) is 13.3 Å². The van der Waals surface area contributed by atoms with E-state index >= 15 is 0 Å². The molecule has 2 N–H and O–H groups in total. The number of esters is 2. The van der Waals surface area contributed by atoms with Crippen molar-refractivity contribution in [1.29, 1.82) is 0 Å². The lowest BCUT2D eigenvalue weighted by atomic mass is 10.1. The topological polar surface area (TPSA) is 123 Å². The highest BCUT2D eigenvalue weighted by molar-refractivity contribution is 5.67. The number of rotatable bonds is 5. The van der Waals surface area contributed by atoms with Gasteiger partial charge in [-0.1, -0.05) is 25.2 Å². The van der Waals surface area contributed by atoms with Crippen LogP contribution < -0.4 is 11.4 Å². The maximum Gasteiger partial charge on any atom is 0.351 e. The average Bonchev–Trinajstić information content (AvgIpc) is 2.88. The van der Waals surface area contributed by atoms with Gasteiger partial charge in [-0.3, -0.25) is 14.2 Å². The van der Waals surface area contributed by atoms with Gasteiger partial charge in [0.2, 0.25) is 0 Å². The highest BCUT2D eigenvalue weighted by atomic mass is 16.6. The Morgan fingerprint density at radius 3 is 2.54 bits per heavy atom. The van der Waals surface area contributed by atoms with E-state index in [1.54, 1.807) is 6.92 Å². The zero-order valence-corrected chi connectivity index (χ0v) is 16.4. The van der Waals surface area contributed by atoms with Crippen LogP contribution in [0.15, 0.2) is 11.0 Å². The van der Waals surface area contributed by atoms with E-state index in [0.717, 1.165) is 17.4 Å². The number of nitrogens with zero attached hydrogens (tertiary/aromatic N) is 2. The van der Waals surface area contributed by atoms with E-state index in [-0.39, 0.29) is 5.82 Å². The molecule has 1 saturated heterocycles. The van der Waals surface area contributed by atoms with Crippen LogP contribution in [0.2, 0.25) is 0 Å². The van der Waals surface area contributed by atoms with Gasteiger partial charge in [0.05, 0.1) is 11.7 Å². The Hall–Kier alpha value is -2.86. The molecule has 0 aliphatic carbocycles. The summed E-state index contributed by atoms with van der Waals surface area (Å²) in [4.78, 5) is 39.2. The summed E-state index contributed by atoms with van der Waals surface area (Å²) >= 11 is 0. The van der Waals surface area contributed by atoms with Crippen molar-refractivity contribution in [2.75, 3.05) is 5.73 Å². The van der Waals surface area contributed by atoms with Crippen molar-refractivity contribution in [1.82, 2.24) is 9.55 Å². The van der Waals surface area contributed by atoms with E-state index in [9.17, 15) is 14.4 Å². The fourth-order valence-electron chi connectivity index (χ4n) is 2.88. The van der Waals surface area contributed by atoms with Crippen molar-refractivity contribution in [3.8, 4) is 11.8 Å². The first-order valence-corrected chi connectivity index (χ1v) is 9.12. The predicted molar refractivity (Wildman–Crippen MR) is 100 cm³/mol. The van der Waals surface area contributed by atoms with Crippen LogP contribution in [0.4, 0.5) is 5.82 Å². The molecule has 1 aromatic heterocycles. The van der Waals surface area contributed by atoms with Gasteiger partial charge in [0.15, 0.2) is 18.4 Å². The van der Waals surface area contributed by atoms with Crippen LogP contribution >= 0.6 is 0 Å². The number of hydrogen-bond acceptors (Lipinski definition) is 8. The number of carbonyl (C=O) groups is 2. The molecule has 4 atom stereocenters. The van der Waals surface area contributed by atoms with Crippen molar-refractivity contribution in [2.45, 2.75) is 71.5 Å². The Bertz CT molecular complexity index is 853. The average molecular weight is 391 g/mol. The van der Waals surface area contributed by atoms with Crippen molar-refractivity contribution < 1.29 is 23.8 Å². The van der Waals surface area contributed by atoms with Gasteiger partial charge in [0, 0.05) is 26.5 Å². The molecule has 2 heterocycles. The van der Waals surface area contributed by atoms with Crippen LogP contribution in [-0.2, 0) is 23.8 Å². The normalized spacial score (nSPS) is 23.6. The second-order valence-corrected chi connectivity index (χ2v) is 6.51. The Balaban J connectivity index is 2.42. The van der Waals surface area contributed by atoms with Crippen LogP contribution in [0.3, 0.4) is 0 Å². The molecule has 9 nitrogen and oxygen atoms in total. The van der Waals surface area contributed by atoms with Gasteiger partial charge in [-0.2, -0.15) is 4.98 Å². The predicted octanol–water partition coefficient (Wildman–Crippen LogP) is 1.15. The summed E-state index contributed by atoms with van der Waals surface area (Å²) < 4.78 is 17.5. The van der Waals surface area contributed by atoms with Crippen LogP contribution in [0, 0.1) is 11.8 Å². The molecular formula is C19H25N3O6. The number of nitrogens with two attached hydrogens (primary N) is 1. The SMILES string of the molecule is CCCCC#Cc1cn([C@@H]2O[C@H](C)C(OC(C)=O)C2OC(C)=O)c(=O)nc1N. The summed E-state index contributed by atoms with van der Waals surface area (Å²) in [5, 5.41) is 0. The maximum absolute atomic E-state index is 12.4. The first kappa shape index (κ1) is 21.4. The molecular weight excluding hydrogens is 366 g/mol. The lowest BCUT2D eigenvalue weighted by molar-refractivity contribution is -0.165. The first-order chi connectivity index (χ1) is 13.2. The summed E-state index contributed by atoms with van der Waals surface area (Å²) in [7, 11) is 0. The van der Waals surface area contributed by atoms with E-state index in [1.165, 1.54) is 20.0 Å². The quantitative estimate of drug-likeness (QED) is 0.450. The standard InChI is InChI=1S/C19H25N3O6/c1-5-6-7-8-9-14-10-22(19(25)21-17(14)20)18-16(28-13(4)24)15(11(2)26-18)27-12(3)23/h10-11,15-16,18H,5-7H2,1-4H3,(H2,20,21,25)/t11-,15?,16?,18-/m1/s1. The van der Waals surface area contributed by atoms with Crippen molar-refractivity contribution >= 4 is 17.8 Å². The van der Waals surface area contributed by atoms with Gasteiger partial charge in [0.25, 0.3) is 0 Å². The zero-order valence-electron chi connectivity index (χ0n) is 16.4. The molecule has 0 radical (unpaired) electrons. The minimum Gasteiger partial charge on any atom is -0.456 e. The van der Waals surface area contributed by atoms with E-state index in [1.807, 2.05) is 0 Å². The number of anilines is 1. The third kappa shape index (κ3) is 5.10. The number of carbonyl (C=O) groups excluding carboxylic acids is 2. The number of nitrogen functional groups attached to an aromatic ring is 1. The smallest absolute Gasteiger partial charge is 0.351 e. The summed E-state index contributed by atoms with van der Waals surface area (Å²) in [5.41, 5.74) is 5.50. The zero-order chi connectivity index (χ0) is 20.8. The molecule has 0 bridgehead atoms.